The predicted molar refractivity (Wildman–Crippen MR) is 64.6 cm³/mol. The van der Waals surface area contributed by atoms with E-state index >= 15 is 0 Å². The molecule has 2 aromatic rings. The highest BCUT2D eigenvalue weighted by molar-refractivity contribution is 5.01. The molecule has 96 valence electrons. The van der Waals surface area contributed by atoms with Crippen LogP contribution in [0.1, 0.15) is 42.6 Å². The average Bonchev–Trinajstić information content (AvgIpc) is 3.02. The van der Waals surface area contributed by atoms with Crippen molar-refractivity contribution in [1.82, 2.24) is 25.2 Å². The predicted octanol–water partition coefficient (Wildman–Crippen LogP) is 1.83. The third-order valence-corrected chi connectivity index (χ3v) is 3.38. The second-order valence-corrected chi connectivity index (χ2v) is 4.75. The van der Waals surface area contributed by atoms with Gasteiger partial charge in [-0.1, -0.05) is 11.6 Å². The summed E-state index contributed by atoms with van der Waals surface area (Å²) in [6, 6.07) is 2.20. The summed E-state index contributed by atoms with van der Waals surface area (Å²) in [5.41, 5.74) is 0.967. The van der Waals surface area contributed by atoms with E-state index in [9.17, 15) is 0 Å². The molecule has 0 radical (unpaired) electrons. The second-order valence-electron chi connectivity index (χ2n) is 4.75. The Hall–Kier alpha value is -1.69. The van der Waals surface area contributed by atoms with Crippen LogP contribution in [0.5, 0.6) is 0 Å². The summed E-state index contributed by atoms with van der Waals surface area (Å²) >= 11 is 0. The molecule has 0 aromatic carbocycles. The molecular weight excluding hydrogens is 230 g/mol. The van der Waals surface area contributed by atoms with Crippen molar-refractivity contribution in [3.05, 3.63) is 29.7 Å². The minimum absolute atomic E-state index is 0.292. The van der Waals surface area contributed by atoms with E-state index in [1.165, 1.54) is 12.8 Å². The molecule has 1 fully saturated rings. The highest BCUT2D eigenvalue weighted by Crippen LogP contribution is 2.29. The van der Waals surface area contributed by atoms with Gasteiger partial charge in [-0.3, -0.25) is 10.00 Å². The Morgan fingerprint density at radius 2 is 2.44 bits per heavy atom. The number of aryl methyl sites for hydroxylation is 1. The number of rotatable bonds is 3. The highest BCUT2D eigenvalue weighted by atomic mass is 16.5. The van der Waals surface area contributed by atoms with Gasteiger partial charge in [0, 0.05) is 12.6 Å². The van der Waals surface area contributed by atoms with Gasteiger partial charge in [0.25, 0.3) is 0 Å². The molecule has 1 N–H and O–H groups in total. The Morgan fingerprint density at radius 1 is 1.50 bits per heavy atom. The van der Waals surface area contributed by atoms with Crippen molar-refractivity contribution in [2.45, 2.75) is 38.8 Å². The molecule has 6 nitrogen and oxygen atoms in total. The van der Waals surface area contributed by atoms with Crippen molar-refractivity contribution in [1.29, 1.82) is 0 Å². The summed E-state index contributed by atoms with van der Waals surface area (Å²) in [5, 5.41) is 11.2. The maximum absolute atomic E-state index is 4.89. The Morgan fingerprint density at radius 3 is 3.17 bits per heavy atom. The molecule has 3 rings (SSSR count). The summed E-state index contributed by atoms with van der Waals surface area (Å²) in [6.45, 7) is 3.79. The van der Waals surface area contributed by atoms with Crippen molar-refractivity contribution in [2.24, 2.45) is 0 Å². The number of H-pyrrole nitrogens is 1. The molecule has 2 aromatic heterocycles. The molecule has 0 aliphatic carbocycles. The van der Waals surface area contributed by atoms with E-state index in [2.05, 4.69) is 25.2 Å². The SMILES string of the molecule is Cc1nc(C2CCCCN2Cc2ccon2)n[nH]1. The smallest absolute Gasteiger partial charge is 0.167 e. The van der Waals surface area contributed by atoms with E-state index in [-0.39, 0.29) is 0 Å². The topological polar surface area (TPSA) is 70.8 Å². The highest BCUT2D eigenvalue weighted by Gasteiger charge is 2.27. The lowest BCUT2D eigenvalue weighted by molar-refractivity contribution is 0.130. The van der Waals surface area contributed by atoms with Crippen molar-refractivity contribution < 1.29 is 4.52 Å². The molecule has 1 atom stereocenters. The summed E-state index contributed by atoms with van der Waals surface area (Å²) in [4.78, 5) is 6.84. The fourth-order valence-corrected chi connectivity index (χ4v) is 2.51. The number of hydrogen-bond acceptors (Lipinski definition) is 5. The van der Waals surface area contributed by atoms with E-state index < -0.39 is 0 Å². The molecule has 1 unspecified atom stereocenters. The van der Waals surface area contributed by atoms with E-state index in [1.807, 2.05) is 13.0 Å². The monoisotopic (exact) mass is 247 g/mol. The number of nitrogens with zero attached hydrogens (tertiary/aromatic N) is 4. The molecule has 0 bridgehead atoms. The Labute approximate surface area is 105 Å². The van der Waals surface area contributed by atoms with Gasteiger partial charge in [0.2, 0.25) is 0 Å². The quantitative estimate of drug-likeness (QED) is 0.896. The van der Waals surface area contributed by atoms with Crippen LogP contribution in [0.25, 0.3) is 0 Å². The summed E-state index contributed by atoms with van der Waals surface area (Å²) < 4.78 is 4.89. The maximum Gasteiger partial charge on any atom is 0.167 e. The van der Waals surface area contributed by atoms with Crippen LogP contribution in [-0.2, 0) is 6.54 Å². The van der Waals surface area contributed by atoms with Gasteiger partial charge in [-0.05, 0) is 26.3 Å². The third kappa shape index (κ3) is 2.28. The third-order valence-electron chi connectivity index (χ3n) is 3.38. The van der Waals surface area contributed by atoms with Gasteiger partial charge < -0.3 is 4.52 Å². The Bertz CT molecular complexity index is 492. The molecule has 0 spiro atoms. The number of nitrogens with one attached hydrogen (secondary N) is 1. The minimum Gasteiger partial charge on any atom is -0.364 e. The van der Waals surface area contributed by atoms with Crippen LogP contribution in [0.3, 0.4) is 0 Å². The summed E-state index contributed by atoms with van der Waals surface area (Å²) in [5.74, 6) is 1.77. The molecular formula is C12H17N5O. The lowest BCUT2D eigenvalue weighted by Gasteiger charge is -2.33. The first kappa shape index (κ1) is 11.4. The van der Waals surface area contributed by atoms with Crippen molar-refractivity contribution >= 4 is 0 Å². The number of piperidine rings is 1. The van der Waals surface area contributed by atoms with Crippen LogP contribution >= 0.6 is 0 Å². The first-order valence-electron chi connectivity index (χ1n) is 6.35. The second kappa shape index (κ2) is 4.89. The lowest BCUT2D eigenvalue weighted by Crippen LogP contribution is -2.33. The van der Waals surface area contributed by atoms with Crippen LogP contribution in [0.2, 0.25) is 0 Å². The molecule has 1 aliphatic rings. The maximum atomic E-state index is 4.89. The van der Waals surface area contributed by atoms with Crippen molar-refractivity contribution in [2.75, 3.05) is 6.54 Å². The molecule has 0 saturated carbocycles. The van der Waals surface area contributed by atoms with Crippen LogP contribution in [-0.4, -0.2) is 31.8 Å². The largest absolute Gasteiger partial charge is 0.364 e. The zero-order valence-corrected chi connectivity index (χ0v) is 10.5. The zero-order valence-electron chi connectivity index (χ0n) is 10.5. The zero-order chi connectivity index (χ0) is 12.4. The van der Waals surface area contributed by atoms with Gasteiger partial charge in [-0.2, -0.15) is 5.10 Å². The molecule has 6 heteroatoms. The molecule has 18 heavy (non-hydrogen) atoms. The van der Waals surface area contributed by atoms with E-state index in [1.54, 1.807) is 6.26 Å². The van der Waals surface area contributed by atoms with Crippen LogP contribution in [0, 0.1) is 6.92 Å². The van der Waals surface area contributed by atoms with Crippen molar-refractivity contribution in [3.8, 4) is 0 Å². The Balaban J connectivity index is 1.77. The van der Waals surface area contributed by atoms with E-state index in [4.69, 9.17) is 4.52 Å². The lowest BCUT2D eigenvalue weighted by atomic mass is 10.0. The van der Waals surface area contributed by atoms with Gasteiger partial charge in [-0.15, -0.1) is 0 Å². The van der Waals surface area contributed by atoms with Crippen LogP contribution in [0.15, 0.2) is 16.9 Å². The number of likely N-dealkylation sites (tertiary alicyclic amines) is 1. The van der Waals surface area contributed by atoms with Gasteiger partial charge >= 0.3 is 0 Å². The van der Waals surface area contributed by atoms with Gasteiger partial charge in [0.05, 0.1) is 11.7 Å². The minimum atomic E-state index is 0.292. The van der Waals surface area contributed by atoms with Crippen molar-refractivity contribution in [3.63, 3.8) is 0 Å². The van der Waals surface area contributed by atoms with E-state index in [0.717, 1.165) is 36.9 Å². The molecule has 1 saturated heterocycles. The first-order valence-corrected chi connectivity index (χ1v) is 6.35. The van der Waals surface area contributed by atoms with Gasteiger partial charge in [0.15, 0.2) is 5.82 Å². The average molecular weight is 247 g/mol. The molecule has 0 amide bonds. The van der Waals surface area contributed by atoms with Crippen LogP contribution in [0.4, 0.5) is 0 Å². The molecule has 3 heterocycles. The standard InChI is InChI=1S/C12H17N5O/c1-9-13-12(15-14-9)11-4-2-3-6-17(11)8-10-5-7-18-16-10/h5,7,11H,2-4,6,8H2,1H3,(H,13,14,15). The summed E-state index contributed by atoms with van der Waals surface area (Å²) in [7, 11) is 0. The fourth-order valence-electron chi connectivity index (χ4n) is 2.51. The number of aromatic nitrogens is 4. The van der Waals surface area contributed by atoms with E-state index in [0.29, 0.717) is 6.04 Å². The first-order chi connectivity index (χ1) is 8.83. The number of aromatic amines is 1. The Kier molecular flexibility index (Phi) is 3.10. The number of hydrogen-bond donors (Lipinski definition) is 1. The fraction of sp³-hybridized carbons (Fsp3) is 0.583. The normalized spacial score (nSPS) is 21.3. The summed E-state index contributed by atoms with van der Waals surface area (Å²) in [6.07, 6.45) is 5.17. The van der Waals surface area contributed by atoms with Crippen LogP contribution < -0.4 is 0 Å². The molecule has 1 aliphatic heterocycles. The van der Waals surface area contributed by atoms with Gasteiger partial charge in [0.1, 0.15) is 12.1 Å². The van der Waals surface area contributed by atoms with Gasteiger partial charge in [-0.25, -0.2) is 4.98 Å².